The molecule has 5 heteroatoms. The van der Waals surface area contributed by atoms with Crippen molar-refractivity contribution in [2.75, 3.05) is 13.2 Å². The summed E-state index contributed by atoms with van der Waals surface area (Å²) in [5, 5.41) is 11.6. The molecule has 1 rings (SSSR count). The molecule has 0 spiro atoms. The maximum absolute atomic E-state index is 13.2. The van der Waals surface area contributed by atoms with Crippen molar-refractivity contribution < 1.29 is 9.50 Å². The number of aliphatic hydroxyl groups excluding tert-OH is 1. The summed E-state index contributed by atoms with van der Waals surface area (Å²) >= 11 is 3.28. The Morgan fingerprint density at radius 2 is 2.13 bits per heavy atom. The first kappa shape index (κ1) is 14.8. The Bertz CT molecular complexity index is 299. The van der Waals surface area contributed by atoms with E-state index in [1.165, 1.54) is 6.07 Å². The highest BCUT2D eigenvalue weighted by molar-refractivity contribution is 9.10. The van der Waals surface area contributed by atoms with Gasteiger partial charge in [-0.2, -0.15) is 0 Å². The second kappa shape index (κ2) is 8.05. The predicted octanol–water partition coefficient (Wildman–Crippen LogP) is 2.48. The molecular formula is C10H14BrClFNO. The minimum atomic E-state index is -0.204. The summed E-state index contributed by atoms with van der Waals surface area (Å²) in [6, 6.07) is 4.86. The summed E-state index contributed by atoms with van der Waals surface area (Å²) in [7, 11) is 0. The number of halogens is 3. The molecule has 0 saturated heterocycles. The number of aliphatic hydroxyl groups is 1. The molecule has 15 heavy (non-hydrogen) atoms. The van der Waals surface area contributed by atoms with Crippen molar-refractivity contribution in [2.45, 2.75) is 13.0 Å². The molecule has 2 N–H and O–H groups in total. The van der Waals surface area contributed by atoms with Crippen LogP contribution in [0.3, 0.4) is 0 Å². The number of rotatable bonds is 5. The highest BCUT2D eigenvalue weighted by Gasteiger charge is 2.01. The molecule has 0 aromatic heterocycles. The lowest BCUT2D eigenvalue weighted by molar-refractivity contribution is 0.286. The third-order valence-corrected chi connectivity index (χ3v) is 2.33. The second-order valence-corrected chi connectivity index (χ2v) is 3.91. The van der Waals surface area contributed by atoms with E-state index in [1.807, 2.05) is 0 Å². The van der Waals surface area contributed by atoms with Gasteiger partial charge in [-0.1, -0.05) is 15.9 Å². The van der Waals surface area contributed by atoms with Crippen molar-refractivity contribution in [3.05, 3.63) is 34.1 Å². The van der Waals surface area contributed by atoms with Gasteiger partial charge in [0, 0.05) is 23.2 Å². The molecule has 0 aliphatic heterocycles. The third-order valence-electron chi connectivity index (χ3n) is 1.83. The van der Waals surface area contributed by atoms with Gasteiger partial charge in [0.2, 0.25) is 0 Å². The van der Waals surface area contributed by atoms with Crippen LogP contribution in [0, 0.1) is 5.82 Å². The van der Waals surface area contributed by atoms with Gasteiger partial charge < -0.3 is 10.4 Å². The van der Waals surface area contributed by atoms with Crippen molar-refractivity contribution in [2.24, 2.45) is 0 Å². The van der Waals surface area contributed by atoms with Crippen LogP contribution in [0.1, 0.15) is 12.0 Å². The Balaban J connectivity index is 0.00000196. The summed E-state index contributed by atoms with van der Waals surface area (Å²) in [6.45, 7) is 1.35. The fourth-order valence-corrected chi connectivity index (χ4v) is 1.51. The molecule has 86 valence electrons. The largest absolute Gasteiger partial charge is 0.396 e. The van der Waals surface area contributed by atoms with E-state index in [2.05, 4.69) is 21.2 Å². The quantitative estimate of drug-likeness (QED) is 0.819. The van der Waals surface area contributed by atoms with E-state index >= 15 is 0 Å². The Hall–Kier alpha value is -0.160. The lowest BCUT2D eigenvalue weighted by Crippen LogP contribution is -2.16. The Morgan fingerprint density at radius 3 is 2.80 bits per heavy atom. The van der Waals surface area contributed by atoms with Gasteiger partial charge in [-0.05, 0) is 31.2 Å². The fraction of sp³-hybridized carbons (Fsp3) is 0.400. The van der Waals surface area contributed by atoms with Crippen LogP contribution in [0.2, 0.25) is 0 Å². The van der Waals surface area contributed by atoms with E-state index in [0.29, 0.717) is 25.1 Å². The van der Waals surface area contributed by atoms with Crippen LogP contribution in [0.25, 0.3) is 0 Å². The van der Waals surface area contributed by atoms with Gasteiger partial charge in [-0.25, -0.2) is 4.39 Å². The van der Waals surface area contributed by atoms with Crippen LogP contribution < -0.4 is 5.32 Å². The Kier molecular flexibility index (Phi) is 7.96. The summed E-state index contributed by atoms with van der Waals surface area (Å²) in [5.74, 6) is -0.204. The monoisotopic (exact) mass is 297 g/mol. The average Bonchev–Trinajstić information content (AvgIpc) is 2.18. The highest BCUT2D eigenvalue weighted by atomic mass is 79.9. The van der Waals surface area contributed by atoms with Gasteiger partial charge >= 0.3 is 0 Å². The molecule has 0 saturated carbocycles. The molecular weight excluding hydrogens is 284 g/mol. The van der Waals surface area contributed by atoms with Gasteiger partial charge in [-0.15, -0.1) is 12.4 Å². The van der Waals surface area contributed by atoms with Crippen molar-refractivity contribution in [3.8, 4) is 0 Å². The standard InChI is InChI=1S/C10H13BrFNO.ClH/c11-9-2-3-10(12)8(6-9)7-13-4-1-5-14;/h2-3,6,13-14H,1,4-5,7H2;1H. The predicted molar refractivity (Wildman–Crippen MR) is 64.8 cm³/mol. The first-order chi connectivity index (χ1) is 6.74. The van der Waals surface area contributed by atoms with Crippen molar-refractivity contribution in [1.29, 1.82) is 0 Å². The van der Waals surface area contributed by atoms with Crippen LogP contribution in [0.5, 0.6) is 0 Å². The van der Waals surface area contributed by atoms with Gasteiger partial charge in [0.1, 0.15) is 5.82 Å². The summed E-state index contributed by atoms with van der Waals surface area (Å²) in [5.41, 5.74) is 0.636. The van der Waals surface area contributed by atoms with E-state index in [4.69, 9.17) is 5.11 Å². The van der Waals surface area contributed by atoms with E-state index in [-0.39, 0.29) is 24.8 Å². The maximum Gasteiger partial charge on any atom is 0.127 e. The maximum atomic E-state index is 13.2. The lowest BCUT2D eigenvalue weighted by atomic mass is 10.2. The molecule has 0 aliphatic carbocycles. The van der Waals surface area contributed by atoms with Gasteiger partial charge in [0.15, 0.2) is 0 Å². The second-order valence-electron chi connectivity index (χ2n) is 2.99. The molecule has 0 fully saturated rings. The zero-order valence-corrected chi connectivity index (χ0v) is 10.6. The average molecular weight is 299 g/mol. The Labute approximate surface area is 103 Å². The first-order valence-electron chi connectivity index (χ1n) is 4.49. The van der Waals surface area contributed by atoms with Gasteiger partial charge in [0.05, 0.1) is 0 Å². The number of hydrogen-bond acceptors (Lipinski definition) is 2. The number of hydrogen-bond donors (Lipinski definition) is 2. The van der Waals surface area contributed by atoms with Crippen LogP contribution >= 0.6 is 28.3 Å². The molecule has 2 nitrogen and oxygen atoms in total. The van der Waals surface area contributed by atoms with Crippen LogP contribution in [-0.4, -0.2) is 18.3 Å². The zero-order chi connectivity index (χ0) is 10.4. The molecule has 0 atom stereocenters. The van der Waals surface area contributed by atoms with Crippen LogP contribution in [0.4, 0.5) is 4.39 Å². The van der Waals surface area contributed by atoms with Crippen LogP contribution in [-0.2, 0) is 6.54 Å². The molecule has 0 bridgehead atoms. The molecule has 0 aliphatic rings. The number of benzene rings is 1. The highest BCUT2D eigenvalue weighted by Crippen LogP contribution is 2.15. The molecule has 0 unspecified atom stereocenters. The van der Waals surface area contributed by atoms with Crippen molar-refractivity contribution in [3.63, 3.8) is 0 Å². The summed E-state index contributed by atoms with van der Waals surface area (Å²) in [6.07, 6.45) is 0.690. The van der Waals surface area contributed by atoms with E-state index in [1.54, 1.807) is 12.1 Å². The molecule has 0 heterocycles. The fourth-order valence-electron chi connectivity index (χ4n) is 1.11. The van der Waals surface area contributed by atoms with E-state index in [0.717, 1.165) is 4.47 Å². The minimum absolute atomic E-state index is 0. The summed E-state index contributed by atoms with van der Waals surface area (Å²) < 4.78 is 14.0. The van der Waals surface area contributed by atoms with Gasteiger partial charge in [0.25, 0.3) is 0 Å². The third kappa shape index (κ3) is 5.47. The molecule has 1 aromatic carbocycles. The minimum Gasteiger partial charge on any atom is -0.396 e. The van der Waals surface area contributed by atoms with Crippen LogP contribution in [0.15, 0.2) is 22.7 Å². The Morgan fingerprint density at radius 1 is 1.40 bits per heavy atom. The molecule has 1 aromatic rings. The molecule has 0 radical (unpaired) electrons. The summed E-state index contributed by atoms with van der Waals surface area (Å²) in [4.78, 5) is 0. The van der Waals surface area contributed by atoms with E-state index in [9.17, 15) is 4.39 Å². The molecule has 0 amide bonds. The van der Waals surface area contributed by atoms with E-state index < -0.39 is 0 Å². The normalized spacial score (nSPS) is 9.80. The van der Waals surface area contributed by atoms with Gasteiger partial charge in [-0.3, -0.25) is 0 Å². The first-order valence-corrected chi connectivity index (χ1v) is 5.29. The SMILES string of the molecule is Cl.OCCCNCc1cc(Br)ccc1F. The number of nitrogens with one attached hydrogen (secondary N) is 1. The zero-order valence-electron chi connectivity index (χ0n) is 8.17. The van der Waals surface area contributed by atoms with Crippen molar-refractivity contribution >= 4 is 28.3 Å². The lowest BCUT2D eigenvalue weighted by Gasteiger charge is -2.05. The smallest absolute Gasteiger partial charge is 0.127 e. The topological polar surface area (TPSA) is 32.3 Å². The van der Waals surface area contributed by atoms with Crippen molar-refractivity contribution in [1.82, 2.24) is 5.32 Å².